The Kier molecular flexibility index (Phi) is 7.29. The molecule has 2 unspecified atom stereocenters. The molecule has 1 aromatic carbocycles. The lowest BCUT2D eigenvalue weighted by Gasteiger charge is -2.53. The van der Waals surface area contributed by atoms with Crippen LogP contribution in [0.25, 0.3) is 6.08 Å². The Morgan fingerprint density at radius 3 is 2.54 bits per heavy atom. The van der Waals surface area contributed by atoms with Gasteiger partial charge in [0.2, 0.25) is 5.91 Å². The highest BCUT2D eigenvalue weighted by Crippen LogP contribution is 2.52. The highest BCUT2D eigenvalue weighted by atomic mass is 35.5. The number of nitrogens with two attached hydrogens (primary N) is 1. The number of allylic oxidation sites excluding steroid dienone is 2. The molecule has 4 rings (SSSR count). The SMILES string of the molecule is CCCC/C(Cl)=C/c1ccc(O)c2c1C[C@H]1C[C@H]3[C@H](N(C)C)C(O)C(C(N)=O)C(=O)[C@@]3(O)C(O)=C1C2=O. The predicted octanol–water partition coefficient (Wildman–Crippen LogP) is 2.06. The van der Waals surface area contributed by atoms with E-state index in [2.05, 4.69) is 6.92 Å². The summed E-state index contributed by atoms with van der Waals surface area (Å²) in [6.45, 7) is 2.05. The van der Waals surface area contributed by atoms with Gasteiger partial charge in [0.1, 0.15) is 17.4 Å². The van der Waals surface area contributed by atoms with Crippen LogP contribution in [0.1, 0.15) is 54.1 Å². The zero-order valence-electron chi connectivity index (χ0n) is 21.1. The van der Waals surface area contributed by atoms with Crippen LogP contribution in [-0.2, 0) is 16.0 Å². The van der Waals surface area contributed by atoms with Gasteiger partial charge in [-0.3, -0.25) is 14.4 Å². The van der Waals surface area contributed by atoms with Crippen LogP contribution in [0, 0.1) is 17.8 Å². The minimum Gasteiger partial charge on any atom is -0.508 e. The Hall–Kier alpha value is -2.72. The van der Waals surface area contributed by atoms with Gasteiger partial charge in [0.05, 0.1) is 11.7 Å². The van der Waals surface area contributed by atoms with E-state index in [0.29, 0.717) is 22.6 Å². The van der Waals surface area contributed by atoms with Crippen molar-refractivity contribution in [1.29, 1.82) is 0 Å². The van der Waals surface area contributed by atoms with Crippen molar-refractivity contribution in [3.8, 4) is 5.75 Å². The van der Waals surface area contributed by atoms with Crippen LogP contribution in [-0.4, -0.2) is 74.6 Å². The fourth-order valence-corrected chi connectivity index (χ4v) is 6.60. The molecule has 1 fully saturated rings. The zero-order valence-corrected chi connectivity index (χ0v) is 21.8. The summed E-state index contributed by atoms with van der Waals surface area (Å²) >= 11 is 6.43. The molecule has 3 aliphatic carbocycles. The van der Waals surface area contributed by atoms with E-state index >= 15 is 0 Å². The molecule has 0 aromatic heterocycles. The number of hydrogen-bond acceptors (Lipinski definition) is 8. The van der Waals surface area contributed by atoms with E-state index in [0.717, 1.165) is 12.8 Å². The van der Waals surface area contributed by atoms with Crippen LogP contribution in [0.3, 0.4) is 0 Å². The summed E-state index contributed by atoms with van der Waals surface area (Å²) in [6, 6.07) is 2.14. The third-order valence-electron chi connectivity index (χ3n) is 8.09. The number of carbonyl (C=O) groups is 3. The van der Waals surface area contributed by atoms with E-state index in [1.54, 1.807) is 31.1 Å². The van der Waals surface area contributed by atoms with Crippen molar-refractivity contribution in [2.45, 2.75) is 56.8 Å². The van der Waals surface area contributed by atoms with Crippen LogP contribution >= 0.6 is 11.6 Å². The van der Waals surface area contributed by atoms with Gasteiger partial charge in [-0.15, -0.1) is 0 Å². The summed E-state index contributed by atoms with van der Waals surface area (Å²) < 4.78 is 0. The highest BCUT2D eigenvalue weighted by Gasteiger charge is 2.66. The topological polar surface area (TPSA) is 161 Å². The third-order valence-corrected chi connectivity index (χ3v) is 8.39. The molecule has 10 heteroatoms. The molecule has 1 amide bonds. The number of Topliss-reactive ketones (excluding diaryl/α,β-unsaturated/α-hetero) is 2. The van der Waals surface area contributed by atoms with E-state index in [9.17, 15) is 34.8 Å². The molecular weight excluding hydrogens is 500 g/mol. The summed E-state index contributed by atoms with van der Waals surface area (Å²) in [5, 5.41) is 45.2. The van der Waals surface area contributed by atoms with Gasteiger partial charge < -0.3 is 31.1 Å². The standard InChI is InChI=1S/C27H33ClN2O7/c1-4-5-6-14(28)9-12-7-8-17(31)19-15(12)10-13-11-16-21(30(2)3)23(33)20(26(29)36)25(35)27(16,37)24(34)18(13)22(19)32/h7-9,13,16,20-21,23,31,33-34,37H,4-6,10-11H2,1-3H3,(H2,29,36)/b14-9-/t13-,16-,20?,21-,23?,27-/m0/s1. The lowest BCUT2D eigenvalue weighted by atomic mass is 9.56. The quantitative estimate of drug-likeness (QED) is 0.348. The Labute approximate surface area is 220 Å². The number of aromatic hydroxyl groups is 1. The van der Waals surface area contributed by atoms with Gasteiger partial charge in [-0.2, -0.15) is 0 Å². The van der Waals surface area contributed by atoms with E-state index in [1.165, 1.54) is 6.07 Å². The zero-order chi connectivity index (χ0) is 27.4. The number of halogens is 1. The minimum absolute atomic E-state index is 0.0209. The van der Waals surface area contributed by atoms with Crippen molar-refractivity contribution < 1.29 is 34.8 Å². The number of hydrogen-bond donors (Lipinski definition) is 5. The van der Waals surface area contributed by atoms with Gasteiger partial charge >= 0.3 is 0 Å². The first kappa shape index (κ1) is 27.3. The maximum absolute atomic E-state index is 13.7. The van der Waals surface area contributed by atoms with Crippen LogP contribution in [0.4, 0.5) is 0 Å². The first-order valence-corrected chi connectivity index (χ1v) is 12.8. The first-order chi connectivity index (χ1) is 17.4. The van der Waals surface area contributed by atoms with Crippen molar-refractivity contribution in [2.75, 3.05) is 14.1 Å². The van der Waals surface area contributed by atoms with Crippen molar-refractivity contribution in [3.05, 3.63) is 45.2 Å². The summed E-state index contributed by atoms with van der Waals surface area (Å²) in [4.78, 5) is 40.8. The molecule has 1 saturated carbocycles. The van der Waals surface area contributed by atoms with Crippen LogP contribution < -0.4 is 5.73 Å². The average Bonchev–Trinajstić information content (AvgIpc) is 2.81. The first-order valence-electron chi connectivity index (χ1n) is 12.5. The second kappa shape index (κ2) is 9.87. The normalized spacial score (nSPS) is 31.8. The number of aliphatic hydroxyl groups is 3. The second-order valence-electron chi connectivity index (χ2n) is 10.5. The highest BCUT2D eigenvalue weighted by molar-refractivity contribution is 6.31. The lowest BCUT2D eigenvalue weighted by Crippen LogP contribution is -2.71. The number of aliphatic hydroxyl groups excluding tert-OH is 2. The summed E-state index contributed by atoms with van der Waals surface area (Å²) in [5.74, 6) is -7.51. The fourth-order valence-electron chi connectivity index (χ4n) is 6.35. The Morgan fingerprint density at radius 2 is 1.95 bits per heavy atom. The number of phenols is 1. The van der Waals surface area contributed by atoms with E-state index in [1.807, 2.05) is 0 Å². The van der Waals surface area contributed by atoms with E-state index < -0.39 is 58.7 Å². The number of nitrogens with zero attached hydrogens (tertiary/aromatic N) is 1. The Morgan fingerprint density at radius 1 is 1.27 bits per heavy atom. The summed E-state index contributed by atoms with van der Waals surface area (Å²) in [6.07, 6.45) is 3.08. The minimum atomic E-state index is -2.59. The van der Waals surface area contributed by atoms with Gasteiger partial charge in [0.15, 0.2) is 17.2 Å². The molecular formula is C27H33ClN2O7. The number of rotatable bonds is 6. The summed E-state index contributed by atoms with van der Waals surface area (Å²) in [5.41, 5.74) is 3.84. The maximum atomic E-state index is 13.7. The monoisotopic (exact) mass is 532 g/mol. The number of carbonyl (C=O) groups excluding carboxylic acids is 3. The lowest BCUT2D eigenvalue weighted by molar-refractivity contribution is -0.178. The number of ketones is 2. The average molecular weight is 533 g/mol. The molecule has 0 saturated heterocycles. The molecule has 37 heavy (non-hydrogen) atoms. The Balaban J connectivity index is 1.88. The van der Waals surface area contributed by atoms with E-state index in [-0.39, 0.29) is 29.7 Å². The molecule has 0 spiro atoms. The number of unbranched alkanes of at least 4 members (excludes halogenated alkanes) is 1. The largest absolute Gasteiger partial charge is 0.508 e. The van der Waals surface area contributed by atoms with Crippen LogP contribution in [0.15, 0.2) is 28.5 Å². The molecule has 0 radical (unpaired) electrons. The van der Waals surface area contributed by atoms with Gasteiger partial charge in [0.25, 0.3) is 0 Å². The van der Waals surface area contributed by atoms with Crippen molar-refractivity contribution in [1.82, 2.24) is 4.90 Å². The molecule has 1 aromatic rings. The Bertz CT molecular complexity index is 1220. The van der Waals surface area contributed by atoms with Gasteiger partial charge in [-0.25, -0.2) is 0 Å². The van der Waals surface area contributed by atoms with Crippen molar-refractivity contribution in [2.24, 2.45) is 23.5 Å². The van der Waals surface area contributed by atoms with Crippen LogP contribution in [0.5, 0.6) is 5.75 Å². The number of likely N-dealkylation sites (N-methyl/N-ethyl adjacent to an activating group) is 1. The number of phenolic OH excluding ortho intramolecular Hbond substituents is 1. The second-order valence-corrected chi connectivity index (χ2v) is 11.0. The van der Waals surface area contributed by atoms with Crippen molar-refractivity contribution >= 4 is 35.2 Å². The molecule has 9 nitrogen and oxygen atoms in total. The maximum Gasteiger partial charge on any atom is 0.230 e. The van der Waals surface area contributed by atoms with Crippen molar-refractivity contribution in [3.63, 3.8) is 0 Å². The molecule has 0 bridgehead atoms. The molecule has 0 heterocycles. The third kappa shape index (κ3) is 4.18. The molecule has 3 aliphatic rings. The number of amides is 1. The number of benzene rings is 1. The molecule has 6 atom stereocenters. The van der Waals surface area contributed by atoms with Gasteiger partial charge in [-0.1, -0.05) is 31.0 Å². The van der Waals surface area contributed by atoms with Gasteiger partial charge in [0, 0.05) is 22.6 Å². The fraction of sp³-hybridized carbons (Fsp3) is 0.519. The molecule has 6 N–H and O–H groups in total. The number of primary amides is 1. The smallest absolute Gasteiger partial charge is 0.230 e. The molecule has 0 aliphatic heterocycles. The van der Waals surface area contributed by atoms with Crippen LogP contribution in [0.2, 0.25) is 0 Å². The summed E-state index contributed by atoms with van der Waals surface area (Å²) in [7, 11) is 3.25. The number of fused-ring (bicyclic) bond motifs is 3. The molecule has 200 valence electrons. The van der Waals surface area contributed by atoms with E-state index in [4.69, 9.17) is 17.3 Å². The predicted molar refractivity (Wildman–Crippen MR) is 137 cm³/mol. The van der Waals surface area contributed by atoms with Gasteiger partial charge in [-0.05, 0) is 69.0 Å².